The molecule has 4 N–H and O–H groups in total. The van der Waals surface area contributed by atoms with Crippen LogP contribution in [0.5, 0.6) is 0 Å². The van der Waals surface area contributed by atoms with Crippen LogP contribution < -0.4 is 16.4 Å². The summed E-state index contributed by atoms with van der Waals surface area (Å²) < 4.78 is 0. The van der Waals surface area contributed by atoms with Gasteiger partial charge < -0.3 is 16.4 Å². The monoisotopic (exact) mass is 393 g/mol. The van der Waals surface area contributed by atoms with Gasteiger partial charge in [-0.1, -0.05) is 62.4 Å². The van der Waals surface area contributed by atoms with Crippen LogP contribution in [0.2, 0.25) is 0 Å². The number of nitrogens with one attached hydrogen (secondary N) is 2. The summed E-state index contributed by atoms with van der Waals surface area (Å²) in [5, 5.41) is 5.50. The number of carbonyl (C=O) groups is 3. The minimum atomic E-state index is -0.921. The zero-order chi connectivity index (χ0) is 21.1. The first kappa shape index (κ1) is 20.6. The highest BCUT2D eigenvalue weighted by Gasteiger charge is 2.38. The van der Waals surface area contributed by atoms with Crippen molar-refractivity contribution in [2.75, 3.05) is 0 Å². The Balaban J connectivity index is 1.95. The lowest BCUT2D eigenvalue weighted by Crippen LogP contribution is -2.54. The molecule has 0 heterocycles. The second-order valence-corrected chi connectivity index (χ2v) is 7.92. The zero-order valence-corrected chi connectivity index (χ0v) is 16.9. The van der Waals surface area contributed by atoms with Gasteiger partial charge in [-0.15, -0.1) is 0 Å². The van der Waals surface area contributed by atoms with Crippen LogP contribution in [0.25, 0.3) is 11.1 Å². The van der Waals surface area contributed by atoms with E-state index in [4.69, 9.17) is 5.73 Å². The van der Waals surface area contributed by atoms with E-state index in [2.05, 4.69) is 10.6 Å². The molecule has 2 aromatic carbocycles. The van der Waals surface area contributed by atoms with Crippen LogP contribution in [0.4, 0.5) is 0 Å². The van der Waals surface area contributed by atoms with E-state index >= 15 is 0 Å². The predicted molar refractivity (Wildman–Crippen MR) is 112 cm³/mol. The number of carbonyl (C=O) groups excluding carboxylic acids is 3. The van der Waals surface area contributed by atoms with Crippen molar-refractivity contribution in [3.8, 4) is 11.1 Å². The maximum absolute atomic E-state index is 13.0. The van der Waals surface area contributed by atoms with Crippen molar-refractivity contribution in [2.24, 2.45) is 11.7 Å². The lowest BCUT2D eigenvalue weighted by atomic mass is 9.88. The number of nitrogens with two attached hydrogens (primary N) is 1. The molecule has 0 unspecified atom stereocenters. The van der Waals surface area contributed by atoms with Crippen molar-refractivity contribution < 1.29 is 14.4 Å². The molecule has 3 amide bonds. The Bertz CT molecular complexity index is 893. The van der Waals surface area contributed by atoms with Gasteiger partial charge in [-0.05, 0) is 34.6 Å². The highest BCUT2D eigenvalue weighted by Crippen LogP contribution is 2.46. The van der Waals surface area contributed by atoms with E-state index in [9.17, 15) is 14.4 Å². The van der Waals surface area contributed by atoms with Crippen molar-refractivity contribution in [3.63, 3.8) is 0 Å². The fourth-order valence-electron chi connectivity index (χ4n) is 4.07. The van der Waals surface area contributed by atoms with Crippen LogP contribution in [0.3, 0.4) is 0 Å². The summed E-state index contributed by atoms with van der Waals surface area (Å²) in [5.74, 6) is -1.49. The zero-order valence-electron chi connectivity index (χ0n) is 16.9. The number of amides is 3. The van der Waals surface area contributed by atoms with E-state index in [1.807, 2.05) is 62.4 Å². The molecule has 152 valence electrons. The largest absolute Gasteiger partial charge is 0.368 e. The molecule has 0 bridgehead atoms. The van der Waals surface area contributed by atoms with Gasteiger partial charge >= 0.3 is 0 Å². The average molecular weight is 393 g/mol. The lowest BCUT2D eigenvalue weighted by Gasteiger charge is -2.27. The van der Waals surface area contributed by atoms with Gasteiger partial charge in [0.2, 0.25) is 17.7 Å². The van der Waals surface area contributed by atoms with Gasteiger partial charge in [-0.25, -0.2) is 0 Å². The molecule has 0 aliphatic heterocycles. The predicted octanol–water partition coefficient (Wildman–Crippen LogP) is 2.32. The van der Waals surface area contributed by atoms with Crippen LogP contribution in [0.1, 0.15) is 44.2 Å². The maximum Gasteiger partial charge on any atom is 0.243 e. The Morgan fingerprint density at radius 1 is 0.931 bits per heavy atom. The SMILES string of the molecule is CC(=O)N[C@@H](CC(C)C)C(=O)N[C@@H](C(N)=O)C1c2ccccc2-c2ccccc21. The summed E-state index contributed by atoms with van der Waals surface area (Å²) in [5.41, 5.74) is 9.73. The molecule has 3 rings (SSSR count). The van der Waals surface area contributed by atoms with Gasteiger partial charge in [-0.3, -0.25) is 14.4 Å². The van der Waals surface area contributed by atoms with Crippen molar-refractivity contribution in [3.05, 3.63) is 59.7 Å². The number of hydrogen-bond acceptors (Lipinski definition) is 3. The molecule has 2 aromatic rings. The molecule has 2 atom stereocenters. The van der Waals surface area contributed by atoms with E-state index in [1.165, 1.54) is 6.92 Å². The van der Waals surface area contributed by atoms with Crippen molar-refractivity contribution in [1.82, 2.24) is 10.6 Å². The molecule has 1 aliphatic carbocycles. The van der Waals surface area contributed by atoms with Crippen LogP contribution in [-0.2, 0) is 14.4 Å². The molecule has 6 nitrogen and oxygen atoms in total. The molecule has 0 fully saturated rings. The second kappa shape index (κ2) is 8.47. The van der Waals surface area contributed by atoms with E-state index in [1.54, 1.807) is 0 Å². The normalized spacial score (nSPS) is 14.6. The molecule has 0 radical (unpaired) electrons. The molecular formula is C23H27N3O3. The molecule has 29 heavy (non-hydrogen) atoms. The van der Waals surface area contributed by atoms with Crippen molar-refractivity contribution in [1.29, 1.82) is 0 Å². The van der Waals surface area contributed by atoms with E-state index < -0.39 is 23.9 Å². The Kier molecular flexibility index (Phi) is 6.01. The standard InChI is InChI=1S/C23H27N3O3/c1-13(2)12-19(25-14(3)27)23(29)26-21(22(24)28)20-17-10-6-4-8-15(17)16-9-5-7-11-18(16)20/h4-11,13,19-21H,12H2,1-3H3,(H2,24,28)(H,25,27)(H,26,29)/t19-,21+/m0/s1. The molecule has 0 aromatic heterocycles. The number of primary amides is 1. The topological polar surface area (TPSA) is 101 Å². The summed E-state index contributed by atoms with van der Waals surface area (Å²) in [6.07, 6.45) is 0.467. The lowest BCUT2D eigenvalue weighted by molar-refractivity contribution is -0.131. The second-order valence-electron chi connectivity index (χ2n) is 7.92. The summed E-state index contributed by atoms with van der Waals surface area (Å²) in [6.45, 7) is 5.31. The molecule has 0 spiro atoms. The third kappa shape index (κ3) is 4.31. The molecule has 0 saturated carbocycles. The smallest absolute Gasteiger partial charge is 0.243 e. The first-order chi connectivity index (χ1) is 13.8. The highest BCUT2D eigenvalue weighted by molar-refractivity contribution is 5.93. The van der Waals surface area contributed by atoms with Gasteiger partial charge in [0.05, 0.1) is 0 Å². The van der Waals surface area contributed by atoms with Crippen LogP contribution >= 0.6 is 0 Å². The molecule has 0 saturated heterocycles. The quantitative estimate of drug-likeness (QED) is 0.673. The Morgan fingerprint density at radius 3 is 1.90 bits per heavy atom. The fourth-order valence-corrected chi connectivity index (χ4v) is 4.07. The van der Waals surface area contributed by atoms with Crippen molar-refractivity contribution >= 4 is 17.7 Å². The van der Waals surface area contributed by atoms with E-state index in [0.717, 1.165) is 22.3 Å². The summed E-state index contributed by atoms with van der Waals surface area (Å²) >= 11 is 0. The summed E-state index contributed by atoms with van der Waals surface area (Å²) in [7, 11) is 0. The number of benzene rings is 2. The summed E-state index contributed by atoms with van der Waals surface area (Å²) in [4.78, 5) is 37.0. The number of hydrogen-bond donors (Lipinski definition) is 3. The third-order valence-electron chi connectivity index (χ3n) is 5.22. The van der Waals surface area contributed by atoms with Gasteiger partial charge in [-0.2, -0.15) is 0 Å². The van der Waals surface area contributed by atoms with Crippen LogP contribution in [0, 0.1) is 5.92 Å². The Hall–Kier alpha value is -3.15. The van der Waals surface area contributed by atoms with Gasteiger partial charge in [0.1, 0.15) is 12.1 Å². The van der Waals surface area contributed by atoms with Crippen LogP contribution in [0.15, 0.2) is 48.5 Å². The first-order valence-electron chi connectivity index (χ1n) is 9.84. The van der Waals surface area contributed by atoms with E-state index in [0.29, 0.717) is 6.42 Å². The summed E-state index contributed by atoms with van der Waals surface area (Å²) in [6, 6.07) is 14.0. The van der Waals surface area contributed by atoms with Crippen molar-refractivity contribution in [2.45, 2.75) is 45.2 Å². The van der Waals surface area contributed by atoms with Crippen LogP contribution in [-0.4, -0.2) is 29.8 Å². The first-order valence-corrected chi connectivity index (χ1v) is 9.84. The Morgan fingerprint density at radius 2 is 1.45 bits per heavy atom. The highest BCUT2D eigenvalue weighted by atomic mass is 16.2. The molecule has 1 aliphatic rings. The van der Waals surface area contributed by atoms with Gasteiger partial charge in [0.25, 0.3) is 0 Å². The number of fused-ring (bicyclic) bond motifs is 3. The minimum Gasteiger partial charge on any atom is -0.368 e. The maximum atomic E-state index is 13.0. The number of rotatable bonds is 7. The van der Waals surface area contributed by atoms with Gasteiger partial charge in [0.15, 0.2) is 0 Å². The fraction of sp³-hybridized carbons (Fsp3) is 0.348. The Labute approximate surface area is 170 Å². The molecular weight excluding hydrogens is 366 g/mol. The molecule has 6 heteroatoms. The van der Waals surface area contributed by atoms with E-state index in [-0.39, 0.29) is 17.7 Å². The van der Waals surface area contributed by atoms with Gasteiger partial charge in [0, 0.05) is 12.8 Å². The third-order valence-corrected chi connectivity index (χ3v) is 5.22. The average Bonchev–Trinajstić information content (AvgIpc) is 2.99. The minimum absolute atomic E-state index is 0.192.